The Bertz CT molecular complexity index is 1270. The molecule has 1 N–H and O–H groups in total. The number of benzene rings is 2. The number of aryl methyl sites for hydroxylation is 2. The Morgan fingerprint density at radius 3 is 2.37 bits per heavy atom. The van der Waals surface area contributed by atoms with E-state index in [1.807, 2.05) is 32.9 Å². The zero-order valence-electron chi connectivity index (χ0n) is 20.4. The number of oxime groups is 1. The quantitative estimate of drug-likeness (QED) is 0.299. The first-order chi connectivity index (χ1) is 16.3. The zero-order valence-corrected chi connectivity index (χ0v) is 21.2. The Hall–Kier alpha value is -3.26. The highest BCUT2D eigenvalue weighted by atomic mass is 35.5. The van der Waals surface area contributed by atoms with Crippen molar-refractivity contribution >= 4 is 40.6 Å². The minimum absolute atomic E-state index is 0.0275. The van der Waals surface area contributed by atoms with Crippen LogP contribution in [0.15, 0.2) is 41.6 Å². The van der Waals surface area contributed by atoms with Crippen molar-refractivity contribution in [2.24, 2.45) is 21.4 Å². The van der Waals surface area contributed by atoms with Crippen LogP contribution in [-0.2, 0) is 9.63 Å². The van der Waals surface area contributed by atoms with E-state index >= 15 is 0 Å². The number of rotatable bonds is 5. The van der Waals surface area contributed by atoms with Crippen molar-refractivity contribution in [1.29, 1.82) is 0 Å². The highest BCUT2D eigenvalue weighted by Crippen LogP contribution is 2.71. The molecule has 2 aliphatic carbocycles. The Balaban J connectivity index is 1.59. The Labute approximate surface area is 208 Å². The van der Waals surface area contributed by atoms with E-state index in [0.717, 1.165) is 29.3 Å². The fourth-order valence-electron chi connectivity index (χ4n) is 5.75. The van der Waals surface area contributed by atoms with Gasteiger partial charge in [0.1, 0.15) is 5.02 Å². The fourth-order valence-corrected chi connectivity index (χ4v) is 5.94. The molecule has 2 aromatic rings. The van der Waals surface area contributed by atoms with Gasteiger partial charge in [0, 0.05) is 23.6 Å². The van der Waals surface area contributed by atoms with Gasteiger partial charge >= 0.3 is 5.97 Å². The van der Waals surface area contributed by atoms with Gasteiger partial charge in [-0.05, 0) is 67.5 Å². The van der Waals surface area contributed by atoms with Gasteiger partial charge in [0.2, 0.25) is 5.91 Å². The Morgan fingerprint density at radius 2 is 1.74 bits per heavy atom. The number of anilines is 1. The first-order valence-corrected chi connectivity index (χ1v) is 11.8. The van der Waals surface area contributed by atoms with Crippen molar-refractivity contribution < 1.29 is 19.3 Å². The predicted molar refractivity (Wildman–Crippen MR) is 134 cm³/mol. The highest BCUT2D eigenvalue weighted by Gasteiger charge is 2.71. The first-order valence-electron chi connectivity index (χ1n) is 11.4. The second-order valence-corrected chi connectivity index (χ2v) is 10.8. The van der Waals surface area contributed by atoms with Gasteiger partial charge in [-0.2, -0.15) is 0 Å². The molecule has 2 fully saturated rings. The third kappa shape index (κ3) is 3.89. The predicted octanol–water partition coefficient (Wildman–Crippen LogP) is 6.23. The molecule has 9 heteroatoms. The maximum Gasteiger partial charge on any atom is 0.365 e. The summed E-state index contributed by atoms with van der Waals surface area (Å²) in [5.41, 5.74) is 1.53. The molecule has 0 radical (unpaired) electrons. The summed E-state index contributed by atoms with van der Waals surface area (Å²) in [5, 5.41) is 18.4. The van der Waals surface area contributed by atoms with E-state index in [4.69, 9.17) is 16.4 Å². The second kappa shape index (κ2) is 8.45. The summed E-state index contributed by atoms with van der Waals surface area (Å²) in [7, 11) is 0. The average Bonchev–Trinajstić information content (AvgIpc) is 3.07. The lowest BCUT2D eigenvalue weighted by atomic mass is 9.64. The summed E-state index contributed by atoms with van der Waals surface area (Å²) in [6.07, 6.45) is 1.79. The third-order valence-electron chi connectivity index (χ3n) is 8.27. The standard InChI is InChI=1S/C26H28ClN3O5/c1-15-10-16(2)12-18(11-15)28-23(32)26-9-8-25(5,24(26,3)4)21(14-26)29-35-22(31)17-6-7-19(27)20(13-17)30(33)34/h6-7,10-13H,8-9,14H2,1-5H3,(H,28,32)/b29-21-. The molecular weight excluding hydrogens is 470 g/mol. The van der Waals surface area contributed by atoms with Crippen LogP contribution in [0.5, 0.6) is 0 Å². The van der Waals surface area contributed by atoms with E-state index in [0.29, 0.717) is 18.6 Å². The molecule has 0 heterocycles. The molecule has 0 aromatic heterocycles. The van der Waals surface area contributed by atoms with Gasteiger partial charge in [0.05, 0.1) is 21.6 Å². The molecule has 2 unspecified atom stereocenters. The summed E-state index contributed by atoms with van der Waals surface area (Å²) < 4.78 is 0. The molecule has 2 saturated carbocycles. The SMILES string of the molecule is Cc1cc(C)cc(NC(=O)C23CCC(C)(/C(=N\OC(=O)c4ccc(Cl)c([N+](=O)[O-])c4)C2)C3(C)C)c1. The average molecular weight is 498 g/mol. The minimum atomic E-state index is -0.824. The number of nitrogens with one attached hydrogen (secondary N) is 1. The molecule has 2 aromatic carbocycles. The molecule has 1 amide bonds. The van der Waals surface area contributed by atoms with E-state index in [1.54, 1.807) is 0 Å². The Kier molecular flexibility index (Phi) is 6.00. The highest BCUT2D eigenvalue weighted by molar-refractivity contribution is 6.32. The molecule has 8 nitrogen and oxygen atoms in total. The molecule has 2 aliphatic rings. The summed E-state index contributed by atoms with van der Waals surface area (Å²) in [6, 6.07) is 9.63. The van der Waals surface area contributed by atoms with Gasteiger partial charge < -0.3 is 10.2 Å². The smallest absolute Gasteiger partial charge is 0.326 e. The number of nitrogens with zero attached hydrogens (tertiary/aromatic N) is 2. The molecule has 2 bridgehead atoms. The maximum atomic E-state index is 13.7. The van der Waals surface area contributed by atoms with E-state index in [1.165, 1.54) is 12.1 Å². The van der Waals surface area contributed by atoms with Crippen LogP contribution in [0.4, 0.5) is 11.4 Å². The van der Waals surface area contributed by atoms with Crippen molar-refractivity contribution in [2.75, 3.05) is 5.32 Å². The number of nitro groups is 1. The molecule has 0 saturated heterocycles. The normalized spacial score (nSPS) is 25.5. The largest absolute Gasteiger partial charge is 0.365 e. The topological polar surface area (TPSA) is 111 Å². The van der Waals surface area contributed by atoms with Crippen LogP contribution in [0.1, 0.15) is 61.5 Å². The van der Waals surface area contributed by atoms with Crippen molar-refractivity contribution in [1.82, 2.24) is 0 Å². The van der Waals surface area contributed by atoms with Gasteiger partial charge in [0.25, 0.3) is 5.69 Å². The van der Waals surface area contributed by atoms with Crippen LogP contribution >= 0.6 is 11.6 Å². The molecule has 35 heavy (non-hydrogen) atoms. The van der Waals surface area contributed by atoms with Crippen molar-refractivity contribution in [3.05, 3.63) is 68.2 Å². The van der Waals surface area contributed by atoms with E-state index < -0.39 is 27.1 Å². The van der Waals surface area contributed by atoms with Crippen molar-refractivity contribution in [3.63, 3.8) is 0 Å². The summed E-state index contributed by atoms with van der Waals surface area (Å²) >= 11 is 5.83. The molecule has 4 rings (SSSR count). The molecule has 0 aliphatic heterocycles. The monoisotopic (exact) mass is 497 g/mol. The number of carbonyl (C=O) groups excluding carboxylic acids is 2. The Morgan fingerprint density at radius 1 is 1.09 bits per heavy atom. The number of hydrogen-bond donors (Lipinski definition) is 1. The van der Waals surface area contributed by atoms with Crippen LogP contribution in [0.25, 0.3) is 0 Å². The number of fused-ring (bicyclic) bond motifs is 2. The number of amides is 1. The van der Waals surface area contributed by atoms with Crippen LogP contribution < -0.4 is 5.32 Å². The van der Waals surface area contributed by atoms with Gasteiger partial charge in [0.15, 0.2) is 0 Å². The summed E-state index contributed by atoms with van der Waals surface area (Å²) in [6.45, 7) is 10.1. The van der Waals surface area contributed by atoms with Crippen LogP contribution in [0, 0.1) is 40.2 Å². The number of hydrogen-bond acceptors (Lipinski definition) is 6. The van der Waals surface area contributed by atoms with Gasteiger partial charge in [-0.1, -0.05) is 43.6 Å². The molecule has 2 atom stereocenters. The number of carbonyl (C=O) groups is 2. The lowest BCUT2D eigenvalue weighted by Gasteiger charge is -2.39. The zero-order chi connectivity index (χ0) is 25.8. The van der Waals surface area contributed by atoms with E-state index in [2.05, 4.69) is 30.4 Å². The fraction of sp³-hybridized carbons (Fsp3) is 0.423. The van der Waals surface area contributed by atoms with Gasteiger partial charge in [-0.3, -0.25) is 14.9 Å². The van der Waals surface area contributed by atoms with E-state index in [9.17, 15) is 19.7 Å². The second-order valence-electron chi connectivity index (χ2n) is 10.4. The van der Waals surface area contributed by atoms with Crippen LogP contribution in [0.3, 0.4) is 0 Å². The van der Waals surface area contributed by atoms with Gasteiger partial charge in [-0.25, -0.2) is 4.79 Å². The van der Waals surface area contributed by atoms with E-state index in [-0.39, 0.29) is 22.2 Å². The van der Waals surface area contributed by atoms with Gasteiger partial charge in [-0.15, -0.1) is 0 Å². The van der Waals surface area contributed by atoms with Crippen molar-refractivity contribution in [2.45, 2.75) is 53.9 Å². The van der Waals surface area contributed by atoms with Crippen LogP contribution in [0.2, 0.25) is 5.02 Å². The lowest BCUT2D eigenvalue weighted by molar-refractivity contribution is -0.384. The number of nitro benzene ring substituents is 1. The van der Waals surface area contributed by atoms with Crippen LogP contribution in [-0.4, -0.2) is 22.5 Å². The minimum Gasteiger partial charge on any atom is -0.326 e. The lowest BCUT2D eigenvalue weighted by Crippen LogP contribution is -2.43. The first kappa shape index (κ1) is 24.9. The maximum absolute atomic E-state index is 13.7. The third-order valence-corrected chi connectivity index (χ3v) is 8.58. The molecular formula is C26H28ClN3O5. The summed E-state index contributed by atoms with van der Waals surface area (Å²) in [5.74, 6) is -0.892. The summed E-state index contributed by atoms with van der Waals surface area (Å²) in [4.78, 5) is 42.0. The molecule has 0 spiro atoms. The van der Waals surface area contributed by atoms with Crippen molar-refractivity contribution in [3.8, 4) is 0 Å². The molecule has 184 valence electrons. The number of halogens is 1.